The molecule has 0 radical (unpaired) electrons. The van der Waals surface area contributed by atoms with Crippen molar-refractivity contribution in [3.8, 4) is 0 Å². The number of carbonyl (C=O) groups excluding carboxylic acids is 1. The van der Waals surface area contributed by atoms with Crippen molar-refractivity contribution in [2.24, 2.45) is 5.73 Å². The molecule has 0 aromatic heterocycles. The van der Waals surface area contributed by atoms with Crippen LogP contribution < -0.4 is 5.73 Å². The van der Waals surface area contributed by atoms with Crippen molar-refractivity contribution >= 4 is 5.91 Å². The molecule has 100 valence electrons. The molecule has 0 aromatic carbocycles. The highest BCUT2D eigenvalue weighted by Crippen LogP contribution is 2.15. The molecule has 1 aliphatic heterocycles. The molecule has 0 saturated carbocycles. The minimum atomic E-state index is 0.0139. The standard InChI is InChI=1S/C13H26N2O2/c1-3-6-11(14)9-13(16)15-8-5-7-12(10-15)17-4-2/h11-12H,3-10,14H2,1-2H3. The van der Waals surface area contributed by atoms with E-state index in [1.54, 1.807) is 0 Å². The van der Waals surface area contributed by atoms with Crippen molar-refractivity contribution in [1.29, 1.82) is 0 Å². The summed E-state index contributed by atoms with van der Waals surface area (Å²) in [6.45, 7) is 6.42. The molecular formula is C13H26N2O2. The third-order valence-electron chi connectivity index (χ3n) is 3.23. The summed E-state index contributed by atoms with van der Waals surface area (Å²) in [5.41, 5.74) is 5.91. The minimum Gasteiger partial charge on any atom is -0.377 e. The number of carbonyl (C=O) groups is 1. The fraction of sp³-hybridized carbons (Fsp3) is 0.923. The Morgan fingerprint density at radius 3 is 2.94 bits per heavy atom. The monoisotopic (exact) mass is 242 g/mol. The highest BCUT2D eigenvalue weighted by Gasteiger charge is 2.24. The summed E-state index contributed by atoms with van der Waals surface area (Å²) < 4.78 is 5.59. The molecule has 1 saturated heterocycles. The zero-order chi connectivity index (χ0) is 12.7. The van der Waals surface area contributed by atoms with Gasteiger partial charge in [-0.2, -0.15) is 0 Å². The molecule has 17 heavy (non-hydrogen) atoms. The molecule has 1 amide bonds. The van der Waals surface area contributed by atoms with Gasteiger partial charge in [0.2, 0.25) is 5.91 Å². The highest BCUT2D eigenvalue weighted by atomic mass is 16.5. The Morgan fingerprint density at radius 2 is 2.29 bits per heavy atom. The summed E-state index contributed by atoms with van der Waals surface area (Å²) >= 11 is 0. The second kappa shape index (κ2) is 7.67. The van der Waals surface area contributed by atoms with Crippen LogP contribution in [0, 0.1) is 0 Å². The van der Waals surface area contributed by atoms with Crippen LogP contribution in [0.5, 0.6) is 0 Å². The first kappa shape index (κ1) is 14.5. The normalized spacial score (nSPS) is 22.5. The zero-order valence-electron chi connectivity index (χ0n) is 11.2. The van der Waals surface area contributed by atoms with Crippen molar-refractivity contribution in [1.82, 2.24) is 4.90 Å². The largest absolute Gasteiger partial charge is 0.377 e. The quantitative estimate of drug-likeness (QED) is 0.768. The van der Waals surface area contributed by atoms with E-state index in [4.69, 9.17) is 10.5 Å². The van der Waals surface area contributed by atoms with Gasteiger partial charge in [-0.05, 0) is 26.2 Å². The van der Waals surface area contributed by atoms with Crippen molar-refractivity contribution in [2.75, 3.05) is 19.7 Å². The van der Waals surface area contributed by atoms with Gasteiger partial charge in [0.15, 0.2) is 0 Å². The average Bonchev–Trinajstić information content (AvgIpc) is 2.30. The summed E-state index contributed by atoms with van der Waals surface area (Å²) in [5.74, 6) is 0.190. The maximum atomic E-state index is 12.0. The number of hydrogen-bond donors (Lipinski definition) is 1. The summed E-state index contributed by atoms with van der Waals surface area (Å²) in [4.78, 5) is 13.9. The molecule has 1 aliphatic rings. The Labute approximate surface area is 104 Å². The van der Waals surface area contributed by atoms with Crippen LogP contribution in [-0.4, -0.2) is 42.6 Å². The maximum absolute atomic E-state index is 12.0. The molecule has 2 N–H and O–H groups in total. The van der Waals surface area contributed by atoms with Gasteiger partial charge < -0.3 is 15.4 Å². The van der Waals surface area contributed by atoms with Gasteiger partial charge in [-0.3, -0.25) is 4.79 Å². The summed E-state index contributed by atoms with van der Waals surface area (Å²) in [6, 6.07) is 0.0139. The summed E-state index contributed by atoms with van der Waals surface area (Å²) in [5, 5.41) is 0. The van der Waals surface area contributed by atoms with E-state index in [2.05, 4.69) is 6.92 Å². The molecule has 0 bridgehead atoms. The lowest BCUT2D eigenvalue weighted by molar-refractivity contribution is -0.135. The van der Waals surface area contributed by atoms with Crippen molar-refractivity contribution in [3.05, 3.63) is 0 Å². The molecule has 0 aliphatic carbocycles. The molecule has 1 rings (SSSR count). The van der Waals surface area contributed by atoms with Gasteiger partial charge in [0.05, 0.1) is 6.10 Å². The van der Waals surface area contributed by atoms with Crippen LogP contribution in [0.15, 0.2) is 0 Å². The van der Waals surface area contributed by atoms with Gasteiger partial charge in [-0.25, -0.2) is 0 Å². The molecule has 4 nitrogen and oxygen atoms in total. The molecule has 2 atom stereocenters. The van der Waals surface area contributed by atoms with Gasteiger partial charge in [-0.1, -0.05) is 13.3 Å². The first-order valence-electron chi connectivity index (χ1n) is 6.82. The van der Waals surface area contributed by atoms with Gasteiger partial charge in [0.1, 0.15) is 0 Å². The minimum absolute atomic E-state index is 0.0139. The first-order valence-corrected chi connectivity index (χ1v) is 6.82. The van der Waals surface area contributed by atoms with Crippen LogP contribution in [0.25, 0.3) is 0 Å². The Kier molecular flexibility index (Phi) is 6.52. The number of hydrogen-bond acceptors (Lipinski definition) is 3. The van der Waals surface area contributed by atoms with Crippen LogP contribution in [0.2, 0.25) is 0 Å². The molecule has 0 spiro atoms. The number of amides is 1. The van der Waals surface area contributed by atoms with Gasteiger partial charge in [0, 0.05) is 32.2 Å². The van der Waals surface area contributed by atoms with Crippen LogP contribution in [-0.2, 0) is 9.53 Å². The van der Waals surface area contributed by atoms with Gasteiger partial charge in [-0.15, -0.1) is 0 Å². The highest BCUT2D eigenvalue weighted by molar-refractivity contribution is 5.76. The van der Waals surface area contributed by atoms with E-state index in [-0.39, 0.29) is 18.1 Å². The van der Waals surface area contributed by atoms with Gasteiger partial charge >= 0.3 is 0 Å². The smallest absolute Gasteiger partial charge is 0.224 e. The molecule has 4 heteroatoms. The number of nitrogens with zero attached hydrogens (tertiary/aromatic N) is 1. The summed E-state index contributed by atoms with van der Waals surface area (Å²) in [7, 11) is 0. The molecule has 2 unspecified atom stereocenters. The van der Waals surface area contributed by atoms with E-state index in [1.807, 2.05) is 11.8 Å². The second-order valence-electron chi connectivity index (χ2n) is 4.81. The zero-order valence-corrected chi connectivity index (χ0v) is 11.2. The Morgan fingerprint density at radius 1 is 1.53 bits per heavy atom. The van der Waals surface area contributed by atoms with E-state index in [9.17, 15) is 4.79 Å². The predicted molar refractivity (Wildman–Crippen MR) is 68.7 cm³/mol. The number of ether oxygens (including phenoxy) is 1. The van der Waals surface area contributed by atoms with E-state index in [0.717, 1.165) is 45.4 Å². The molecule has 1 heterocycles. The van der Waals surface area contributed by atoms with Crippen LogP contribution >= 0.6 is 0 Å². The maximum Gasteiger partial charge on any atom is 0.224 e. The SMILES string of the molecule is CCCC(N)CC(=O)N1CCCC(OCC)C1. The van der Waals surface area contributed by atoms with E-state index in [0.29, 0.717) is 6.42 Å². The topological polar surface area (TPSA) is 55.6 Å². The van der Waals surface area contributed by atoms with Crippen molar-refractivity contribution in [2.45, 2.75) is 58.1 Å². The van der Waals surface area contributed by atoms with E-state index < -0.39 is 0 Å². The van der Waals surface area contributed by atoms with Crippen molar-refractivity contribution in [3.63, 3.8) is 0 Å². The molecule has 1 fully saturated rings. The third kappa shape index (κ3) is 5.04. The lowest BCUT2D eigenvalue weighted by atomic mass is 10.1. The summed E-state index contributed by atoms with van der Waals surface area (Å²) in [6.07, 6.45) is 4.77. The van der Waals surface area contributed by atoms with Crippen LogP contribution in [0.1, 0.15) is 46.0 Å². The number of rotatable bonds is 6. The molecule has 0 aromatic rings. The lowest BCUT2D eigenvalue weighted by Gasteiger charge is -2.33. The van der Waals surface area contributed by atoms with Crippen LogP contribution in [0.3, 0.4) is 0 Å². The first-order chi connectivity index (χ1) is 8.17. The molecular weight excluding hydrogens is 216 g/mol. The third-order valence-corrected chi connectivity index (χ3v) is 3.23. The average molecular weight is 242 g/mol. The predicted octanol–water partition coefficient (Wildman–Crippen LogP) is 1.53. The Balaban J connectivity index is 2.35. The Hall–Kier alpha value is -0.610. The number of piperidine rings is 1. The lowest BCUT2D eigenvalue weighted by Crippen LogP contribution is -2.44. The number of nitrogens with two attached hydrogens (primary N) is 1. The number of likely N-dealkylation sites (tertiary alicyclic amines) is 1. The fourth-order valence-corrected chi connectivity index (χ4v) is 2.36. The van der Waals surface area contributed by atoms with E-state index >= 15 is 0 Å². The fourth-order valence-electron chi connectivity index (χ4n) is 2.36. The van der Waals surface area contributed by atoms with Crippen LogP contribution in [0.4, 0.5) is 0 Å². The van der Waals surface area contributed by atoms with E-state index in [1.165, 1.54) is 0 Å². The second-order valence-corrected chi connectivity index (χ2v) is 4.81. The van der Waals surface area contributed by atoms with Crippen molar-refractivity contribution < 1.29 is 9.53 Å². The van der Waals surface area contributed by atoms with Gasteiger partial charge in [0.25, 0.3) is 0 Å². The Bertz CT molecular complexity index is 231.